The van der Waals surface area contributed by atoms with Gasteiger partial charge in [0, 0.05) is 37.7 Å². The summed E-state index contributed by atoms with van der Waals surface area (Å²) in [5.74, 6) is 0.560. The van der Waals surface area contributed by atoms with Crippen LogP contribution in [0.5, 0.6) is 5.75 Å². The summed E-state index contributed by atoms with van der Waals surface area (Å²) in [6, 6.07) is 21.6. The molecule has 5 rings (SSSR count). The van der Waals surface area contributed by atoms with Crippen molar-refractivity contribution >= 4 is 16.7 Å². The van der Waals surface area contributed by atoms with E-state index in [4.69, 9.17) is 4.74 Å². The predicted molar refractivity (Wildman–Crippen MR) is 133 cm³/mol. The largest absolute Gasteiger partial charge is 0.493 e. The van der Waals surface area contributed by atoms with Gasteiger partial charge in [-0.1, -0.05) is 55.3 Å². The number of benzene rings is 3. The van der Waals surface area contributed by atoms with Crippen molar-refractivity contribution in [2.75, 3.05) is 19.7 Å². The monoisotopic (exact) mass is 460 g/mol. The third-order valence-corrected chi connectivity index (χ3v) is 7.19. The summed E-state index contributed by atoms with van der Waals surface area (Å²) in [7, 11) is 0. The van der Waals surface area contributed by atoms with E-state index >= 15 is 0 Å². The molecule has 1 amide bonds. The second-order valence-electron chi connectivity index (χ2n) is 9.93. The zero-order valence-corrected chi connectivity index (χ0v) is 19.6. The van der Waals surface area contributed by atoms with Crippen LogP contribution in [0.2, 0.25) is 0 Å². The number of hydrogen-bond donors (Lipinski definition) is 1. The average molecular weight is 461 g/mol. The lowest BCUT2D eigenvalue weighted by Crippen LogP contribution is -2.48. The fourth-order valence-electron chi connectivity index (χ4n) is 5.50. The number of piperidine rings is 1. The van der Waals surface area contributed by atoms with Crippen LogP contribution in [0.15, 0.2) is 66.7 Å². The number of halogens is 1. The molecule has 1 heterocycles. The van der Waals surface area contributed by atoms with Crippen molar-refractivity contribution in [1.82, 2.24) is 10.2 Å². The van der Waals surface area contributed by atoms with Crippen molar-refractivity contribution < 1.29 is 13.9 Å². The van der Waals surface area contributed by atoms with Gasteiger partial charge in [0.15, 0.2) is 0 Å². The Bertz CT molecular complexity index is 1130. The maximum absolute atomic E-state index is 13.6. The minimum Gasteiger partial charge on any atom is -0.493 e. The van der Waals surface area contributed by atoms with E-state index in [9.17, 15) is 9.18 Å². The summed E-state index contributed by atoms with van der Waals surface area (Å²) in [5.41, 5.74) is 1.25. The molecule has 0 radical (unpaired) electrons. The van der Waals surface area contributed by atoms with Gasteiger partial charge >= 0.3 is 0 Å². The van der Waals surface area contributed by atoms with Crippen LogP contribution in [0.1, 0.15) is 37.7 Å². The Morgan fingerprint density at radius 1 is 0.971 bits per heavy atom. The lowest BCUT2D eigenvalue weighted by Gasteiger charge is -2.37. The first kappa shape index (κ1) is 22.9. The summed E-state index contributed by atoms with van der Waals surface area (Å²) in [6.07, 6.45) is 5.38. The van der Waals surface area contributed by atoms with Gasteiger partial charge in [0.25, 0.3) is 0 Å². The summed E-state index contributed by atoms with van der Waals surface area (Å²) < 4.78 is 19.5. The molecular formula is C29H33FN2O2. The molecular weight excluding hydrogens is 427 g/mol. The fourth-order valence-corrected chi connectivity index (χ4v) is 5.50. The van der Waals surface area contributed by atoms with Crippen LogP contribution in [0.25, 0.3) is 10.8 Å². The highest BCUT2D eigenvalue weighted by Crippen LogP contribution is 2.27. The van der Waals surface area contributed by atoms with Crippen molar-refractivity contribution in [2.45, 2.75) is 44.7 Å². The average Bonchev–Trinajstić information content (AvgIpc) is 3.36. The molecule has 0 bridgehead atoms. The molecule has 2 fully saturated rings. The van der Waals surface area contributed by atoms with E-state index in [2.05, 4.69) is 52.7 Å². The van der Waals surface area contributed by atoms with Crippen LogP contribution in [-0.2, 0) is 11.3 Å². The number of nitrogens with one attached hydrogen (secondary N) is 1. The van der Waals surface area contributed by atoms with Gasteiger partial charge in [0.1, 0.15) is 11.6 Å². The molecule has 0 spiro atoms. The summed E-state index contributed by atoms with van der Waals surface area (Å²) in [4.78, 5) is 15.5. The van der Waals surface area contributed by atoms with Crippen LogP contribution in [0.4, 0.5) is 4.39 Å². The van der Waals surface area contributed by atoms with Crippen LogP contribution in [0, 0.1) is 17.7 Å². The second kappa shape index (κ2) is 10.6. The molecule has 5 heteroatoms. The van der Waals surface area contributed by atoms with E-state index in [1.807, 2.05) is 0 Å². The summed E-state index contributed by atoms with van der Waals surface area (Å²) in [5, 5.41) is 5.77. The number of fused-ring (bicyclic) bond motifs is 1. The zero-order chi connectivity index (χ0) is 23.3. The van der Waals surface area contributed by atoms with Crippen molar-refractivity contribution in [1.29, 1.82) is 0 Å². The van der Waals surface area contributed by atoms with Crippen molar-refractivity contribution in [3.05, 3.63) is 78.1 Å². The second-order valence-corrected chi connectivity index (χ2v) is 9.93. The molecule has 178 valence electrons. The third-order valence-electron chi connectivity index (χ3n) is 7.19. The Morgan fingerprint density at radius 2 is 1.79 bits per heavy atom. The zero-order valence-electron chi connectivity index (χ0n) is 19.6. The highest BCUT2D eigenvalue weighted by molar-refractivity contribution is 5.83. The molecule has 0 unspecified atom stereocenters. The van der Waals surface area contributed by atoms with E-state index in [1.54, 1.807) is 12.1 Å². The van der Waals surface area contributed by atoms with E-state index < -0.39 is 0 Å². The Morgan fingerprint density at radius 3 is 2.62 bits per heavy atom. The lowest BCUT2D eigenvalue weighted by molar-refractivity contribution is -0.128. The quantitative estimate of drug-likeness (QED) is 0.502. The first-order chi connectivity index (χ1) is 16.6. The van der Waals surface area contributed by atoms with Gasteiger partial charge in [0.05, 0.1) is 12.5 Å². The minimum absolute atomic E-state index is 0.0593. The number of amides is 1. The van der Waals surface area contributed by atoms with Crippen molar-refractivity contribution in [3.8, 4) is 5.75 Å². The van der Waals surface area contributed by atoms with Gasteiger partial charge < -0.3 is 10.1 Å². The Kier molecular flexibility index (Phi) is 7.10. The predicted octanol–water partition coefficient (Wildman–Crippen LogP) is 5.55. The summed E-state index contributed by atoms with van der Waals surface area (Å²) >= 11 is 0. The Balaban J connectivity index is 1.28. The van der Waals surface area contributed by atoms with E-state index in [0.717, 1.165) is 38.9 Å². The third kappa shape index (κ3) is 5.76. The Labute approximate surface area is 201 Å². The van der Waals surface area contributed by atoms with Gasteiger partial charge in [-0.15, -0.1) is 0 Å². The molecule has 34 heavy (non-hydrogen) atoms. The van der Waals surface area contributed by atoms with Gasteiger partial charge in [-0.05, 0) is 53.8 Å². The van der Waals surface area contributed by atoms with E-state index in [1.165, 1.54) is 41.3 Å². The minimum atomic E-state index is -0.298. The number of rotatable bonds is 7. The van der Waals surface area contributed by atoms with Crippen LogP contribution >= 0.6 is 0 Å². The van der Waals surface area contributed by atoms with Gasteiger partial charge in [0.2, 0.25) is 5.91 Å². The molecule has 1 saturated carbocycles. The smallest absolute Gasteiger partial charge is 0.224 e. The molecule has 1 aliphatic heterocycles. The van der Waals surface area contributed by atoms with Gasteiger partial charge in [-0.25, -0.2) is 4.39 Å². The number of carbonyl (C=O) groups is 1. The lowest BCUT2D eigenvalue weighted by atomic mass is 9.88. The number of hydrogen-bond acceptors (Lipinski definition) is 3. The molecule has 3 aromatic carbocycles. The maximum atomic E-state index is 13.6. The topological polar surface area (TPSA) is 41.6 Å². The molecule has 2 atom stereocenters. The van der Waals surface area contributed by atoms with Crippen LogP contribution in [-0.4, -0.2) is 36.5 Å². The molecule has 2 aliphatic rings. The molecule has 1 aliphatic carbocycles. The summed E-state index contributed by atoms with van der Waals surface area (Å²) in [6.45, 7) is 2.89. The first-order valence-electron chi connectivity index (χ1n) is 12.5. The van der Waals surface area contributed by atoms with Crippen molar-refractivity contribution in [2.24, 2.45) is 11.8 Å². The van der Waals surface area contributed by atoms with E-state index in [0.29, 0.717) is 18.4 Å². The normalized spacial score (nSPS) is 21.6. The number of ether oxygens (including phenoxy) is 1. The molecule has 1 N–H and O–H groups in total. The molecule has 4 nitrogen and oxygen atoms in total. The maximum Gasteiger partial charge on any atom is 0.224 e. The standard InChI is InChI=1S/C29H33FN2O2/c30-26-8-5-11-28(16-26)34-20-22-15-25(29(33)31-27-9-3-4-10-27)19-32(18-22)17-21-12-13-23-6-1-2-7-24(23)14-21/h1-2,5-8,11-14,16,22,25,27H,3-4,9-10,15,17-20H2,(H,31,33)/t22-,25+/m0/s1. The SMILES string of the molecule is O=C(NC1CCCC1)[C@@H]1C[C@H](COc2cccc(F)c2)CN(Cc2ccc3ccccc3c2)C1. The van der Waals surface area contributed by atoms with E-state index in [-0.39, 0.29) is 23.6 Å². The number of carbonyl (C=O) groups excluding carboxylic acids is 1. The number of nitrogens with zero attached hydrogens (tertiary/aromatic N) is 1. The van der Waals surface area contributed by atoms with Crippen LogP contribution < -0.4 is 10.1 Å². The highest BCUT2D eigenvalue weighted by atomic mass is 19.1. The fraction of sp³-hybridized carbons (Fsp3) is 0.414. The molecule has 1 saturated heterocycles. The van der Waals surface area contributed by atoms with Gasteiger partial charge in [-0.2, -0.15) is 0 Å². The van der Waals surface area contributed by atoms with Crippen LogP contribution in [0.3, 0.4) is 0 Å². The number of likely N-dealkylation sites (tertiary alicyclic amines) is 1. The molecule has 0 aromatic heterocycles. The first-order valence-corrected chi connectivity index (χ1v) is 12.5. The Hall–Kier alpha value is -2.92. The van der Waals surface area contributed by atoms with Gasteiger partial charge in [-0.3, -0.25) is 9.69 Å². The van der Waals surface area contributed by atoms with Crippen molar-refractivity contribution in [3.63, 3.8) is 0 Å². The molecule has 3 aromatic rings. The highest BCUT2D eigenvalue weighted by Gasteiger charge is 2.33.